The van der Waals surface area contributed by atoms with Gasteiger partial charge in [0, 0.05) is 22.3 Å². The second-order valence-electron chi connectivity index (χ2n) is 5.15. The van der Waals surface area contributed by atoms with Crippen LogP contribution >= 0.6 is 35.0 Å². The SMILES string of the molecule is COc1ccc(CCN=C(N)SCc2c(Cl)cccc2Cl)cc1OC. The first-order chi connectivity index (χ1) is 12.0. The fourth-order valence-corrected chi connectivity index (χ4v) is 3.67. The maximum absolute atomic E-state index is 6.15. The van der Waals surface area contributed by atoms with Gasteiger partial charge in [0.2, 0.25) is 0 Å². The van der Waals surface area contributed by atoms with Crippen molar-refractivity contribution in [2.45, 2.75) is 12.2 Å². The maximum Gasteiger partial charge on any atom is 0.160 e. The van der Waals surface area contributed by atoms with Crippen LogP contribution in [0.15, 0.2) is 41.4 Å². The standard InChI is InChI=1S/C18H20Cl2N2O2S/c1-23-16-7-6-12(10-17(16)24-2)8-9-22-18(21)25-11-13-14(19)4-3-5-15(13)20/h3-7,10H,8-9,11H2,1-2H3,(H2,21,22). The Labute approximate surface area is 162 Å². The largest absolute Gasteiger partial charge is 0.493 e. The quantitative estimate of drug-likeness (QED) is 0.537. The molecule has 0 aliphatic carbocycles. The highest BCUT2D eigenvalue weighted by atomic mass is 35.5. The second-order valence-corrected chi connectivity index (χ2v) is 6.96. The van der Waals surface area contributed by atoms with Crippen LogP contribution in [0.1, 0.15) is 11.1 Å². The number of methoxy groups -OCH3 is 2. The van der Waals surface area contributed by atoms with Crippen molar-refractivity contribution in [1.82, 2.24) is 0 Å². The van der Waals surface area contributed by atoms with Gasteiger partial charge in [-0.3, -0.25) is 4.99 Å². The third kappa shape index (κ3) is 5.73. The van der Waals surface area contributed by atoms with Crippen LogP contribution in [0, 0.1) is 0 Å². The van der Waals surface area contributed by atoms with Gasteiger partial charge in [0.1, 0.15) is 0 Å². The van der Waals surface area contributed by atoms with Gasteiger partial charge in [-0.25, -0.2) is 0 Å². The molecule has 0 saturated carbocycles. The Morgan fingerprint density at radius 1 is 1.08 bits per heavy atom. The lowest BCUT2D eigenvalue weighted by atomic mass is 10.1. The zero-order chi connectivity index (χ0) is 18.2. The van der Waals surface area contributed by atoms with Crippen molar-refractivity contribution in [3.63, 3.8) is 0 Å². The number of hydrogen-bond acceptors (Lipinski definition) is 4. The van der Waals surface area contributed by atoms with E-state index in [4.69, 9.17) is 38.4 Å². The monoisotopic (exact) mass is 398 g/mol. The highest BCUT2D eigenvalue weighted by molar-refractivity contribution is 8.13. The third-order valence-electron chi connectivity index (χ3n) is 3.54. The molecule has 0 radical (unpaired) electrons. The van der Waals surface area contributed by atoms with Gasteiger partial charge in [-0.05, 0) is 41.8 Å². The molecule has 0 amide bonds. The van der Waals surface area contributed by atoms with E-state index in [2.05, 4.69) is 4.99 Å². The summed E-state index contributed by atoms with van der Waals surface area (Å²) in [6.45, 7) is 0.588. The second kappa shape index (κ2) is 9.80. The van der Waals surface area contributed by atoms with E-state index in [1.807, 2.05) is 36.4 Å². The average Bonchev–Trinajstić information content (AvgIpc) is 2.61. The molecule has 0 aromatic heterocycles. The Kier molecular flexibility index (Phi) is 7.75. The summed E-state index contributed by atoms with van der Waals surface area (Å²) in [4.78, 5) is 4.39. The summed E-state index contributed by atoms with van der Waals surface area (Å²) in [6.07, 6.45) is 0.758. The maximum atomic E-state index is 6.15. The molecule has 0 atom stereocenters. The minimum absolute atomic E-state index is 0.511. The molecule has 2 rings (SSSR count). The summed E-state index contributed by atoms with van der Waals surface area (Å²) in [7, 11) is 3.24. The number of amidine groups is 1. The molecule has 134 valence electrons. The Hall–Kier alpha value is -1.56. The average molecular weight is 399 g/mol. The molecule has 0 unspecified atom stereocenters. The van der Waals surface area contributed by atoms with Crippen molar-refractivity contribution in [1.29, 1.82) is 0 Å². The molecular formula is C18H20Cl2N2O2S. The molecule has 0 bridgehead atoms. The van der Waals surface area contributed by atoms with E-state index in [0.29, 0.717) is 39.0 Å². The minimum Gasteiger partial charge on any atom is -0.493 e. The number of aliphatic imine (C=N–C) groups is 1. The lowest BCUT2D eigenvalue weighted by Crippen LogP contribution is -2.08. The lowest BCUT2D eigenvalue weighted by molar-refractivity contribution is 0.354. The molecule has 0 fully saturated rings. The molecule has 2 aromatic rings. The molecule has 0 heterocycles. The van der Waals surface area contributed by atoms with E-state index >= 15 is 0 Å². The summed E-state index contributed by atoms with van der Waals surface area (Å²) in [5.74, 6) is 2.01. The van der Waals surface area contributed by atoms with Gasteiger partial charge in [-0.15, -0.1) is 0 Å². The summed E-state index contributed by atoms with van der Waals surface area (Å²) in [5.41, 5.74) is 7.94. The fourth-order valence-electron chi connectivity index (χ4n) is 2.19. The number of rotatable bonds is 7. The number of halogens is 2. The molecule has 2 aromatic carbocycles. The number of hydrogen-bond donors (Lipinski definition) is 1. The predicted octanol–water partition coefficient (Wildman–Crippen LogP) is 4.80. The van der Waals surface area contributed by atoms with E-state index < -0.39 is 0 Å². The Morgan fingerprint density at radius 3 is 2.40 bits per heavy atom. The summed E-state index contributed by atoms with van der Waals surface area (Å²) in [5, 5.41) is 1.78. The topological polar surface area (TPSA) is 56.8 Å². The van der Waals surface area contributed by atoms with Gasteiger partial charge < -0.3 is 15.2 Å². The zero-order valence-corrected chi connectivity index (χ0v) is 16.4. The van der Waals surface area contributed by atoms with E-state index in [1.54, 1.807) is 14.2 Å². The number of thioether (sulfide) groups is 1. The van der Waals surface area contributed by atoms with Gasteiger partial charge in [0.25, 0.3) is 0 Å². The summed E-state index contributed by atoms with van der Waals surface area (Å²) >= 11 is 13.7. The number of nitrogens with zero attached hydrogens (tertiary/aromatic N) is 1. The van der Waals surface area contributed by atoms with E-state index in [1.165, 1.54) is 11.8 Å². The van der Waals surface area contributed by atoms with Gasteiger partial charge in [0.05, 0.1) is 14.2 Å². The molecule has 0 saturated heterocycles. The van der Waals surface area contributed by atoms with Crippen LogP contribution in [-0.4, -0.2) is 25.9 Å². The Bertz CT molecular complexity index is 734. The molecule has 2 N–H and O–H groups in total. The van der Waals surface area contributed by atoms with Crippen LogP contribution < -0.4 is 15.2 Å². The van der Waals surface area contributed by atoms with Crippen LogP contribution in [-0.2, 0) is 12.2 Å². The van der Waals surface area contributed by atoms with Crippen molar-refractivity contribution in [2.24, 2.45) is 10.7 Å². The van der Waals surface area contributed by atoms with Gasteiger partial charge in [0.15, 0.2) is 16.7 Å². The number of nitrogens with two attached hydrogens (primary N) is 1. The van der Waals surface area contributed by atoms with E-state index in [0.717, 1.165) is 17.5 Å². The molecular weight excluding hydrogens is 379 g/mol. The van der Waals surface area contributed by atoms with Crippen LogP contribution in [0.3, 0.4) is 0 Å². The van der Waals surface area contributed by atoms with Gasteiger partial charge in [-0.2, -0.15) is 0 Å². The number of benzene rings is 2. The molecule has 0 aliphatic heterocycles. The number of ether oxygens (including phenoxy) is 2. The molecule has 4 nitrogen and oxygen atoms in total. The van der Waals surface area contributed by atoms with Crippen LogP contribution in [0.25, 0.3) is 0 Å². The summed E-state index contributed by atoms with van der Waals surface area (Å²) in [6, 6.07) is 11.3. The third-order valence-corrected chi connectivity index (χ3v) is 5.11. The highest BCUT2D eigenvalue weighted by Gasteiger charge is 2.07. The smallest absolute Gasteiger partial charge is 0.160 e. The van der Waals surface area contributed by atoms with E-state index in [9.17, 15) is 0 Å². The molecule has 0 spiro atoms. The first-order valence-electron chi connectivity index (χ1n) is 7.61. The van der Waals surface area contributed by atoms with Crippen molar-refractivity contribution in [3.05, 3.63) is 57.6 Å². The minimum atomic E-state index is 0.511. The van der Waals surface area contributed by atoms with Gasteiger partial charge in [-0.1, -0.05) is 47.1 Å². The van der Waals surface area contributed by atoms with Crippen LogP contribution in [0.2, 0.25) is 10.0 Å². The Morgan fingerprint density at radius 2 is 1.76 bits per heavy atom. The molecule has 25 heavy (non-hydrogen) atoms. The molecule has 7 heteroatoms. The van der Waals surface area contributed by atoms with Crippen molar-refractivity contribution in [2.75, 3.05) is 20.8 Å². The fraction of sp³-hybridized carbons (Fsp3) is 0.278. The van der Waals surface area contributed by atoms with Crippen molar-refractivity contribution in [3.8, 4) is 11.5 Å². The first-order valence-corrected chi connectivity index (χ1v) is 9.35. The van der Waals surface area contributed by atoms with Crippen molar-refractivity contribution >= 4 is 40.1 Å². The highest BCUT2D eigenvalue weighted by Crippen LogP contribution is 2.29. The summed E-state index contributed by atoms with van der Waals surface area (Å²) < 4.78 is 10.5. The normalized spacial score (nSPS) is 11.4. The van der Waals surface area contributed by atoms with Crippen LogP contribution in [0.5, 0.6) is 11.5 Å². The lowest BCUT2D eigenvalue weighted by Gasteiger charge is -2.09. The van der Waals surface area contributed by atoms with Crippen LogP contribution in [0.4, 0.5) is 0 Å². The predicted molar refractivity (Wildman–Crippen MR) is 107 cm³/mol. The Balaban J connectivity index is 1.89. The zero-order valence-electron chi connectivity index (χ0n) is 14.1. The molecule has 0 aliphatic rings. The van der Waals surface area contributed by atoms with E-state index in [-0.39, 0.29) is 0 Å². The van der Waals surface area contributed by atoms with Gasteiger partial charge >= 0.3 is 0 Å². The van der Waals surface area contributed by atoms with Crippen molar-refractivity contribution < 1.29 is 9.47 Å². The first kappa shape index (κ1) is 19.8.